The summed E-state index contributed by atoms with van der Waals surface area (Å²) in [5.74, 6) is 0.138. The van der Waals surface area contributed by atoms with Crippen LogP contribution in [0.1, 0.15) is 34.1 Å². The van der Waals surface area contributed by atoms with Gasteiger partial charge in [0.25, 0.3) is 0 Å². The van der Waals surface area contributed by atoms with Gasteiger partial charge in [0.2, 0.25) is 0 Å². The molecule has 0 spiro atoms. The zero-order chi connectivity index (χ0) is 13.3. The number of piperidine rings is 1. The average Bonchev–Trinajstić information content (AvgIpc) is 2.19. The average molecular weight is 243 g/mol. The fourth-order valence-corrected chi connectivity index (χ4v) is 2.54. The summed E-state index contributed by atoms with van der Waals surface area (Å²) in [5, 5.41) is 13.5. The molecule has 0 aromatic heterocycles. The number of hydrogen-bond donors (Lipinski definition) is 1. The monoisotopic (exact) mass is 243 g/mol. The van der Waals surface area contributed by atoms with E-state index < -0.39 is 6.09 Å². The molecule has 0 radical (unpaired) electrons. The summed E-state index contributed by atoms with van der Waals surface area (Å²) in [6, 6.07) is 0. The minimum atomic E-state index is -0.749. The topological polar surface area (TPSA) is 58.9 Å². The van der Waals surface area contributed by atoms with E-state index in [1.807, 2.05) is 27.7 Å². The summed E-state index contributed by atoms with van der Waals surface area (Å²) in [6.45, 7) is 9.09. The number of hydrogen-bond acceptors (Lipinski definition) is 3. The maximum absolute atomic E-state index is 11.6. The standard InChI is InChI=1S/C12H22N2O3/c1-9-8-14(11(15)16,12(2,3)4)7-6-10(9)13-17-5/h9H,6-8H2,1-5H3/p+1/b13-10+. The van der Waals surface area contributed by atoms with Gasteiger partial charge in [-0.3, -0.25) is 0 Å². The van der Waals surface area contributed by atoms with Gasteiger partial charge in [0.05, 0.1) is 18.8 Å². The van der Waals surface area contributed by atoms with Gasteiger partial charge in [-0.05, 0) is 20.8 Å². The molecule has 0 aromatic rings. The highest BCUT2D eigenvalue weighted by molar-refractivity contribution is 5.87. The summed E-state index contributed by atoms with van der Waals surface area (Å²) in [6.07, 6.45) is -0.0701. The Kier molecular flexibility index (Phi) is 3.81. The maximum Gasteiger partial charge on any atom is 0.514 e. The van der Waals surface area contributed by atoms with Crippen LogP contribution in [0.5, 0.6) is 0 Å². The van der Waals surface area contributed by atoms with Gasteiger partial charge >= 0.3 is 6.09 Å². The lowest BCUT2D eigenvalue weighted by atomic mass is 9.89. The summed E-state index contributed by atoms with van der Waals surface area (Å²) in [4.78, 5) is 16.4. The van der Waals surface area contributed by atoms with Crippen molar-refractivity contribution in [1.82, 2.24) is 0 Å². The molecule has 1 aliphatic heterocycles. The zero-order valence-corrected chi connectivity index (χ0v) is 11.4. The SMILES string of the molecule is CO/N=C1\CC[N+](C(=O)O)(C(C)(C)C)CC1C. The van der Waals surface area contributed by atoms with E-state index in [0.29, 0.717) is 19.5 Å². The van der Waals surface area contributed by atoms with Crippen LogP contribution < -0.4 is 0 Å². The van der Waals surface area contributed by atoms with Crippen LogP contribution >= 0.6 is 0 Å². The number of oxime groups is 1. The van der Waals surface area contributed by atoms with Crippen molar-refractivity contribution in [3.05, 3.63) is 0 Å². The molecule has 5 nitrogen and oxygen atoms in total. The number of quaternary nitrogens is 1. The number of carboxylic acid groups (broad SMARTS) is 1. The molecule has 1 saturated heterocycles. The largest absolute Gasteiger partial charge is 0.514 e. The lowest BCUT2D eigenvalue weighted by Gasteiger charge is -2.47. The Bertz CT molecular complexity index is 333. The smallest absolute Gasteiger partial charge is 0.435 e. The predicted octanol–water partition coefficient (Wildman–Crippen LogP) is 2.32. The molecule has 1 aliphatic rings. The van der Waals surface area contributed by atoms with Gasteiger partial charge in [-0.2, -0.15) is 4.79 Å². The van der Waals surface area contributed by atoms with E-state index in [4.69, 9.17) is 4.84 Å². The van der Waals surface area contributed by atoms with Gasteiger partial charge in [-0.15, -0.1) is 0 Å². The Morgan fingerprint density at radius 2 is 2.12 bits per heavy atom. The molecule has 0 aliphatic carbocycles. The van der Waals surface area contributed by atoms with E-state index in [0.717, 1.165) is 5.71 Å². The number of amides is 1. The quantitative estimate of drug-likeness (QED) is 0.568. The highest BCUT2D eigenvalue weighted by Gasteiger charge is 2.51. The van der Waals surface area contributed by atoms with Crippen LogP contribution in [0.25, 0.3) is 0 Å². The van der Waals surface area contributed by atoms with Crippen molar-refractivity contribution >= 4 is 11.8 Å². The third-order valence-corrected chi connectivity index (χ3v) is 3.76. The van der Waals surface area contributed by atoms with Crippen LogP contribution in [-0.2, 0) is 4.84 Å². The first kappa shape index (κ1) is 14.0. The van der Waals surface area contributed by atoms with E-state index >= 15 is 0 Å². The normalized spacial score (nSPS) is 32.5. The van der Waals surface area contributed by atoms with Crippen molar-refractivity contribution in [2.24, 2.45) is 11.1 Å². The Labute approximate surface area is 103 Å². The maximum atomic E-state index is 11.6. The molecule has 2 unspecified atom stereocenters. The summed E-state index contributed by atoms with van der Waals surface area (Å²) < 4.78 is 0.0941. The van der Waals surface area contributed by atoms with E-state index in [9.17, 15) is 9.90 Å². The van der Waals surface area contributed by atoms with Gasteiger partial charge in [-0.25, -0.2) is 4.48 Å². The van der Waals surface area contributed by atoms with Crippen LogP contribution in [0.15, 0.2) is 5.16 Å². The van der Waals surface area contributed by atoms with Crippen molar-refractivity contribution in [1.29, 1.82) is 0 Å². The van der Waals surface area contributed by atoms with Crippen LogP contribution in [-0.4, -0.2) is 47.1 Å². The number of carbonyl (C=O) groups is 1. The molecule has 1 amide bonds. The van der Waals surface area contributed by atoms with Crippen molar-refractivity contribution < 1.29 is 19.2 Å². The lowest BCUT2D eigenvalue weighted by molar-refractivity contribution is -0.907. The zero-order valence-electron chi connectivity index (χ0n) is 11.4. The summed E-state index contributed by atoms with van der Waals surface area (Å²) in [7, 11) is 1.53. The van der Waals surface area contributed by atoms with Crippen LogP contribution in [0, 0.1) is 5.92 Å². The molecule has 2 atom stereocenters. The Morgan fingerprint density at radius 1 is 1.53 bits per heavy atom. The molecule has 5 heteroatoms. The van der Waals surface area contributed by atoms with Gasteiger partial charge in [0, 0.05) is 12.3 Å². The highest BCUT2D eigenvalue weighted by atomic mass is 16.6. The molecule has 0 saturated carbocycles. The van der Waals surface area contributed by atoms with Crippen LogP contribution in [0.2, 0.25) is 0 Å². The van der Waals surface area contributed by atoms with Crippen molar-refractivity contribution in [2.75, 3.05) is 20.2 Å². The Balaban J connectivity index is 3.01. The first-order valence-corrected chi connectivity index (χ1v) is 5.95. The second-order valence-electron chi connectivity index (χ2n) is 5.74. The minimum Gasteiger partial charge on any atom is -0.435 e. The molecule has 0 bridgehead atoms. The first-order valence-electron chi connectivity index (χ1n) is 5.95. The second-order valence-corrected chi connectivity index (χ2v) is 5.74. The fraction of sp³-hybridized carbons (Fsp3) is 0.833. The van der Waals surface area contributed by atoms with Crippen LogP contribution in [0.3, 0.4) is 0 Å². The predicted molar refractivity (Wildman–Crippen MR) is 66.0 cm³/mol. The van der Waals surface area contributed by atoms with Gasteiger partial charge in [-0.1, -0.05) is 12.1 Å². The molecule has 98 valence electrons. The fourth-order valence-electron chi connectivity index (χ4n) is 2.54. The Morgan fingerprint density at radius 3 is 2.47 bits per heavy atom. The molecular weight excluding hydrogens is 220 g/mol. The number of rotatable bonds is 1. The van der Waals surface area contributed by atoms with Crippen molar-refractivity contribution in [3.63, 3.8) is 0 Å². The minimum absolute atomic E-state index is 0.0941. The number of likely N-dealkylation sites (tertiary alicyclic amines) is 1. The van der Waals surface area contributed by atoms with E-state index in [2.05, 4.69) is 5.16 Å². The van der Waals surface area contributed by atoms with E-state index in [1.54, 1.807) is 0 Å². The molecule has 1 fully saturated rings. The molecule has 1 rings (SSSR count). The first-order chi connectivity index (χ1) is 7.74. The van der Waals surface area contributed by atoms with Gasteiger partial charge < -0.3 is 9.94 Å². The molecule has 0 aromatic carbocycles. The second kappa shape index (κ2) is 4.64. The van der Waals surface area contributed by atoms with E-state index in [-0.39, 0.29) is 15.9 Å². The Hall–Kier alpha value is -1.10. The van der Waals surface area contributed by atoms with E-state index in [1.165, 1.54) is 7.11 Å². The number of nitrogens with zero attached hydrogens (tertiary/aromatic N) is 2. The third kappa shape index (κ3) is 2.44. The summed E-state index contributed by atoms with van der Waals surface area (Å²) >= 11 is 0. The van der Waals surface area contributed by atoms with Gasteiger partial charge in [0.15, 0.2) is 0 Å². The van der Waals surface area contributed by atoms with Gasteiger partial charge in [0.1, 0.15) is 12.6 Å². The molecule has 1 heterocycles. The molecule has 1 N–H and O–H groups in total. The van der Waals surface area contributed by atoms with Crippen molar-refractivity contribution in [3.8, 4) is 0 Å². The highest BCUT2D eigenvalue weighted by Crippen LogP contribution is 2.32. The van der Waals surface area contributed by atoms with Crippen molar-refractivity contribution in [2.45, 2.75) is 39.7 Å². The third-order valence-electron chi connectivity index (χ3n) is 3.76. The molecular formula is C12H23N2O3+. The van der Waals surface area contributed by atoms with Crippen LogP contribution in [0.4, 0.5) is 4.79 Å². The molecule has 17 heavy (non-hydrogen) atoms. The lowest BCUT2D eigenvalue weighted by Crippen LogP contribution is -2.67. The summed E-state index contributed by atoms with van der Waals surface area (Å²) in [5.41, 5.74) is 0.658.